The van der Waals surface area contributed by atoms with Gasteiger partial charge in [-0.05, 0) is 18.2 Å². The third-order valence-electron chi connectivity index (χ3n) is 2.18. The van der Waals surface area contributed by atoms with E-state index in [-0.39, 0.29) is 5.82 Å². The minimum atomic E-state index is -1.22. The molecule has 0 spiro atoms. The van der Waals surface area contributed by atoms with Gasteiger partial charge in [0.1, 0.15) is 0 Å². The van der Waals surface area contributed by atoms with Crippen LogP contribution in [-0.4, -0.2) is 26.0 Å². The minimum Gasteiger partial charge on any atom is -0.480 e. The van der Waals surface area contributed by atoms with E-state index in [0.29, 0.717) is 5.69 Å². The van der Waals surface area contributed by atoms with Crippen molar-refractivity contribution in [2.45, 2.75) is 6.04 Å². The number of aliphatic carboxylic acids is 1. The zero-order valence-corrected chi connectivity index (χ0v) is 8.82. The lowest BCUT2D eigenvalue weighted by Gasteiger charge is -2.06. The molecule has 2 heterocycles. The molecule has 0 aliphatic rings. The van der Waals surface area contributed by atoms with Crippen molar-refractivity contribution in [2.75, 3.05) is 0 Å². The molecule has 0 aliphatic heterocycles. The first kappa shape index (κ1) is 11.2. The first-order valence-corrected chi connectivity index (χ1v) is 4.90. The largest absolute Gasteiger partial charge is 0.480 e. The first-order valence-electron chi connectivity index (χ1n) is 4.90. The first-order chi connectivity index (χ1) is 8.18. The highest BCUT2D eigenvalue weighted by atomic mass is 16.4. The molecule has 0 aliphatic carbocycles. The zero-order valence-electron chi connectivity index (χ0n) is 8.82. The maximum absolute atomic E-state index is 10.7. The van der Waals surface area contributed by atoms with Crippen LogP contribution in [-0.2, 0) is 4.79 Å². The molecular formula is C11H10N4O2. The van der Waals surface area contributed by atoms with Gasteiger partial charge in [-0.1, -0.05) is 0 Å². The van der Waals surface area contributed by atoms with Crippen molar-refractivity contribution >= 4 is 5.97 Å². The maximum Gasteiger partial charge on any atom is 0.328 e. The van der Waals surface area contributed by atoms with Gasteiger partial charge in [0.05, 0.1) is 5.69 Å². The Morgan fingerprint density at radius 3 is 2.82 bits per heavy atom. The molecule has 1 unspecified atom stereocenters. The Balaban J connectivity index is 2.39. The summed E-state index contributed by atoms with van der Waals surface area (Å²) in [4.78, 5) is 22.6. The van der Waals surface area contributed by atoms with Crippen molar-refractivity contribution in [1.29, 1.82) is 0 Å². The summed E-state index contributed by atoms with van der Waals surface area (Å²) in [7, 11) is 0. The fourth-order valence-electron chi connectivity index (χ4n) is 1.31. The fourth-order valence-corrected chi connectivity index (χ4v) is 1.31. The number of rotatable bonds is 3. The molecule has 86 valence electrons. The monoisotopic (exact) mass is 230 g/mol. The van der Waals surface area contributed by atoms with E-state index in [1.807, 2.05) is 6.07 Å². The molecule has 2 aromatic rings. The van der Waals surface area contributed by atoms with Gasteiger partial charge in [0.2, 0.25) is 0 Å². The van der Waals surface area contributed by atoms with E-state index in [9.17, 15) is 4.79 Å². The van der Waals surface area contributed by atoms with Crippen LogP contribution in [0, 0.1) is 0 Å². The molecule has 6 heteroatoms. The highest BCUT2D eigenvalue weighted by Crippen LogP contribution is 2.16. The molecule has 0 fully saturated rings. The normalized spacial score (nSPS) is 12.1. The van der Waals surface area contributed by atoms with Gasteiger partial charge in [-0.2, -0.15) is 0 Å². The molecule has 0 aromatic carbocycles. The Bertz CT molecular complexity index is 530. The summed E-state index contributed by atoms with van der Waals surface area (Å²) in [6.07, 6.45) is 4.76. The Morgan fingerprint density at radius 1 is 1.35 bits per heavy atom. The summed E-state index contributed by atoms with van der Waals surface area (Å²) in [6, 6.07) is 4.06. The summed E-state index contributed by atoms with van der Waals surface area (Å²) >= 11 is 0. The molecule has 0 saturated carbocycles. The lowest BCUT2D eigenvalue weighted by Crippen LogP contribution is -2.23. The van der Waals surface area contributed by atoms with Crippen LogP contribution in [0.1, 0.15) is 11.9 Å². The van der Waals surface area contributed by atoms with E-state index < -0.39 is 12.0 Å². The number of nitrogens with two attached hydrogens (primary N) is 1. The fraction of sp³-hybridized carbons (Fsp3) is 0.0909. The van der Waals surface area contributed by atoms with Crippen LogP contribution >= 0.6 is 0 Å². The molecule has 2 aromatic heterocycles. The van der Waals surface area contributed by atoms with Crippen LogP contribution in [0.2, 0.25) is 0 Å². The molecule has 6 nitrogen and oxygen atoms in total. The third kappa shape index (κ3) is 2.43. The number of aromatic nitrogens is 3. The smallest absolute Gasteiger partial charge is 0.328 e. The Morgan fingerprint density at radius 2 is 2.18 bits per heavy atom. The number of carboxylic acids is 1. The second-order valence-corrected chi connectivity index (χ2v) is 3.36. The van der Waals surface area contributed by atoms with Gasteiger partial charge in [0, 0.05) is 24.2 Å². The number of pyridine rings is 1. The molecule has 0 amide bonds. The summed E-state index contributed by atoms with van der Waals surface area (Å²) in [5.74, 6) is -1.08. The van der Waals surface area contributed by atoms with Crippen molar-refractivity contribution in [3.8, 4) is 11.3 Å². The van der Waals surface area contributed by atoms with E-state index in [4.69, 9.17) is 10.8 Å². The predicted octanol–water partition coefficient (Wildman–Crippen LogP) is 0.623. The van der Waals surface area contributed by atoms with E-state index in [1.165, 1.54) is 6.20 Å². The van der Waals surface area contributed by atoms with Gasteiger partial charge in [-0.15, -0.1) is 0 Å². The van der Waals surface area contributed by atoms with Crippen LogP contribution < -0.4 is 5.73 Å². The molecule has 0 bridgehead atoms. The summed E-state index contributed by atoms with van der Waals surface area (Å²) in [6.45, 7) is 0. The van der Waals surface area contributed by atoms with Gasteiger partial charge in [0.15, 0.2) is 11.9 Å². The quantitative estimate of drug-likeness (QED) is 0.801. The van der Waals surface area contributed by atoms with Gasteiger partial charge < -0.3 is 10.8 Å². The van der Waals surface area contributed by atoms with E-state index in [2.05, 4.69) is 15.0 Å². The Labute approximate surface area is 97.2 Å². The van der Waals surface area contributed by atoms with Gasteiger partial charge >= 0.3 is 5.97 Å². The molecule has 0 saturated heterocycles. The predicted molar refractivity (Wildman–Crippen MR) is 59.8 cm³/mol. The second kappa shape index (κ2) is 4.67. The molecule has 1 atom stereocenters. The molecule has 2 rings (SSSR count). The molecular weight excluding hydrogens is 220 g/mol. The van der Waals surface area contributed by atoms with Gasteiger partial charge in [0.25, 0.3) is 0 Å². The van der Waals surface area contributed by atoms with Gasteiger partial charge in [-0.3, -0.25) is 9.78 Å². The number of nitrogens with zero attached hydrogens (tertiary/aromatic N) is 3. The molecule has 0 radical (unpaired) electrons. The van der Waals surface area contributed by atoms with Crippen molar-refractivity contribution in [3.05, 3.63) is 42.6 Å². The van der Waals surface area contributed by atoms with Crippen molar-refractivity contribution in [3.63, 3.8) is 0 Å². The third-order valence-corrected chi connectivity index (χ3v) is 2.18. The van der Waals surface area contributed by atoms with E-state index in [1.54, 1.807) is 24.5 Å². The van der Waals surface area contributed by atoms with Crippen LogP contribution in [0.3, 0.4) is 0 Å². The number of hydrogen-bond acceptors (Lipinski definition) is 5. The van der Waals surface area contributed by atoms with E-state index >= 15 is 0 Å². The number of carboxylic acid groups (broad SMARTS) is 1. The van der Waals surface area contributed by atoms with Crippen LogP contribution in [0.15, 0.2) is 36.8 Å². The summed E-state index contributed by atoms with van der Waals surface area (Å²) in [5.41, 5.74) is 6.83. The average molecular weight is 230 g/mol. The van der Waals surface area contributed by atoms with Crippen molar-refractivity contribution in [2.24, 2.45) is 5.73 Å². The zero-order chi connectivity index (χ0) is 12.3. The number of hydrogen-bond donors (Lipinski definition) is 2. The van der Waals surface area contributed by atoms with Crippen molar-refractivity contribution in [1.82, 2.24) is 15.0 Å². The van der Waals surface area contributed by atoms with E-state index in [0.717, 1.165) is 5.56 Å². The summed E-state index contributed by atoms with van der Waals surface area (Å²) < 4.78 is 0. The Kier molecular flexibility index (Phi) is 3.06. The molecule has 17 heavy (non-hydrogen) atoms. The topological polar surface area (TPSA) is 102 Å². The lowest BCUT2D eigenvalue weighted by molar-refractivity contribution is -0.138. The SMILES string of the molecule is NC(C(=O)O)c1nccc(-c2cccnc2)n1. The number of carbonyl (C=O) groups is 1. The standard InChI is InChI=1S/C11H10N4O2/c12-9(11(16)17)10-14-5-3-8(15-10)7-2-1-4-13-6-7/h1-6,9H,12H2,(H,16,17). The summed E-state index contributed by atoms with van der Waals surface area (Å²) in [5, 5.41) is 8.78. The van der Waals surface area contributed by atoms with Crippen LogP contribution in [0.4, 0.5) is 0 Å². The van der Waals surface area contributed by atoms with Crippen molar-refractivity contribution < 1.29 is 9.90 Å². The lowest BCUT2D eigenvalue weighted by atomic mass is 10.2. The highest BCUT2D eigenvalue weighted by Gasteiger charge is 2.17. The highest BCUT2D eigenvalue weighted by molar-refractivity contribution is 5.74. The van der Waals surface area contributed by atoms with Crippen LogP contribution in [0.5, 0.6) is 0 Å². The minimum absolute atomic E-state index is 0.0823. The second-order valence-electron chi connectivity index (χ2n) is 3.36. The average Bonchev–Trinajstić information content (AvgIpc) is 2.39. The Hall–Kier alpha value is -2.34. The van der Waals surface area contributed by atoms with Gasteiger partial charge in [-0.25, -0.2) is 9.97 Å². The maximum atomic E-state index is 10.7. The van der Waals surface area contributed by atoms with Crippen LogP contribution in [0.25, 0.3) is 11.3 Å². The molecule has 3 N–H and O–H groups in total.